The SMILES string of the molecule is COc1cc(C)c(OC)c(Br)c1-c1cc(C(=O)O)[nH]n1. The summed E-state index contributed by atoms with van der Waals surface area (Å²) in [5, 5.41) is 15.4. The molecule has 1 aromatic carbocycles. The lowest BCUT2D eigenvalue weighted by Crippen LogP contribution is -1.96. The number of nitrogens with one attached hydrogen (secondary N) is 1. The average Bonchev–Trinajstić information content (AvgIpc) is 2.87. The average molecular weight is 341 g/mol. The van der Waals surface area contributed by atoms with Gasteiger partial charge in [-0.25, -0.2) is 4.79 Å². The Bertz CT molecular complexity index is 667. The quantitative estimate of drug-likeness (QED) is 0.893. The number of aromatic nitrogens is 2. The van der Waals surface area contributed by atoms with Crippen LogP contribution in [0.15, 0.2) is 16.6 Å². The van der Waals surface area contributed by atoms with Gasteiger partial charge < -0.3 is 14.6 Å². The predicted molar refractivity (Wildman–Crippen MR) is 76.5 cm³/mol. The van der Waals surface area contributed by atoms with Crippen LogP contribution >= 0.6 is 15.9 Å². The molecular weight excluding hydrogens is 328 g/mol. The van der Waals surface area contributed by atoms with Crippen molar-refractivity contribution in [3.63, 3.8) is 0 Å². The maximum atomic E-state index is 10.9. The van der Waals surface area contributed by atoms with Gasteiger partial charge >= 0.3 is 5.97 Å². The first kappa shape index (κ1) is 14.4. The number of rotatable bonds is 4. The highest BCUT2D eigenvalue weighted by Crippen LogP contribution is 2.43. The second-order valence-electron chi connectivity index (χ2n) is 4.09. The summed E-state index contributed by atoms with van der Waals surface area (Å²) >= 11 is 3.46. The van der Waals surface area contributed by atoms with Crippen molar-refractivity contribution in [2.75, 3.05) is 14.2 Å². The summed E-state index contributed by atoms with van der Waals surface area (Å²) < 4.78 is 11.3. The number of aromatic carboxylic acids is 1. The van der Waals surface area contributed by atoms with Gasteiger partial charge in [0.15, 0.2) is 0 Å². The van der Waals surface area contributed by atoms with E-state index in [2.05, 4.69) is 26.1 Å². The van der Waals surface area contributed by atoms with Crippen molar-refractivity contribution in [2.24, 2.45) is 0 Å². The van der Waals surface area contributed by atoms with Crippen molar-refractivity contribution in [3.05, 3.63) is 27.9 Å². The van der Waals surface area contributed by atoms with Crippen LogP contribution < -0.4 is 9.47 Å². The van der Waals surface area contributed by atoms with E-state index in [9.17, 15) is 4.79 Å². The van der Waals surface area contributed by atoms with Crippen molar-refractivity contribution in [2.45, 2.75) is 6.92 Å². The van der Waals surface area contributed by atoms with E-state index in [1.54, 1.807) is 14.2 Å². The number of carboxylic acids is 1. The zero-order valence-corrected chi connectivity index (χ0v) is 12.7. The third kappa shape index (κ3) is 2.36. The molecule has 1 aromatic heterocycles. The van der Waals surface area contributed by atoms with Crippen molar-refractivity contribution in [1.29, 1.82) is 0 Å². The highest BCUT2D eigenvalue weighted by molar-refractivity contribution is 9.10. The second-order valence-corrected chi connectivity index (χ2v) is 4.88. The van der Waals surface area contributed by atoms with Crippen molar-refractivity contribution < 1.29 is 19.4 Å². The first-order valence-corrected chi connectivity index (χ1v) is 6.49. The van der Waals surface area contributed by atoms with Gasteiger partial charge in [-0.2, -0.15) is 5.10 Å². The van der Waals surface area contributed by atoms with Gasteiger partial charge in [0.2, 0.25) is 0 Å². The second kappa shape index (κ2) is 5.54. The maximum absolute atomic E-state index is 10.9. The van der Waals surface area contributed by atoms with Gasteiger partial charge in [0, 0.05) is 0 Å². The topological polar surface area (TPSA) is 84.4 Å². The van der Waals surface area contributed by atoms with E-state index in [1.807, 2.05) is 13.0 Å². The number of halogens is 1. The Kier molecular flexibility index (Phi) is 3.99. The standard InChI is InChI=1S/C13H13BrN2O4/c1-6-4-9(19-2)10(11(14)12(6)20-3)7-5-8(13(17)18)16-15-7/h4-5H,1-3H3,(H,15,16)(H,17,18). The Labute approximate surface area is 123 Å². The molecule has 0 aliphatic carbocycles. The molecule has 0 aliphatic rings. The largest absolute Gasteiger partial charge is 0.496 e. The van der Waals surface area contributed by atoms with E-state index < -0.39 is 5.97 Å². The monoisotopic (exact) mass is 340 g/mol. The third-order valence-electron chi connectivity index (χ3n) is 2.86. The summed E-state index contributed by atoms with van der Waals surface area (Å²) in [5.74, 6) is 0.164. The van der Waals surface area contributed by atoms with E-state index >= 15 is 0 Å². The molecule has 0 aliphatic heterocycles. The summed E-state index contributed by atoms with van der Waals surface area (Å²) in [6.45, 7) is 1.89. The van der Waals surface area contributed by atoms with E-state index in [-0.39, 0.29) is 5.69 Å². The molecule has 0 radical (unpaired) electrons. The summed E-state index contributed by atoms with van der Waals surface area (Å²) in [7, 11) is 3.11. The normalized spacial score (nSPS) is 10.4. The highest BCUT2D eigenvalue weighted by atomic mass is 79.9. The van der Waals surface area contributed by atoms with Crippen LogP contribution in [0.4, 0.5) is 0 Å². The first-order valence-electron chi connectivity index (χ1n) is 5.69. The lowest BCUT2D eigenvalue weighted by molar-refractivity contribution is 0.0690. The molecule has 0 unspecified atom stereocenters. The molecule has 0 bridgehead atoms. The molecule has 2 aromatic rings. The molecule has 106 valence electrons. The van der Waals surface area contributed by atoms with Gasteiger partial charge in [0.05, 0.1) is 29.9 Å². The van der Waals surface area contributed by atoms with Crippen LogP contribution in [0.25, 0.3) is 11.3 Å². The van der Waals surface area contributed by atoms with E-state index in [0.717, 1.165) is 5.56 Å². The van der Waals surface area contributed by atoms with Gasteiger partial charge in [-0.15, -0.1) is 0 Å². The summed E-state index contributed by atoms with van der Waals surface area (Å²) in [6, 6.07) is 3.26. The van der Waals surface area contributed by atoms with E-state index in [0.29, 0.717) is 27.2 Å². The number of H-pyrrole nitrogens is 1. The minimum Gasteiger partial charge on any atom is -0.496 e. The minimum absolute atomic E-state index is 0.00787. The zero-order valence-electron chi connectivity index (χ0n) is 11.2. The fourth-order valence-electron chi connectivity index (χ4n) is 1.94. The molecule has 2 rings (SSSR count). The molecule has 1 heterocycles. The lowest BCUT2D eigenvalue weighted by atomic mass is 10.1. The molecule has 0 atom stereocenters. The molecule has 0 saturated heterocycles. The number of aromatic amines is 1. The van der Waals surface area contributed by atoms with Crippen molar-refractivity contribution >= 4 is 21.9 Å². The maximum Gasteiger partial charge on any atom is 0.353 e. The fraction of sp³-hybridized carbons (Fsp3) is 0.231. The number of aryl methyl sites for hydroxylation is 1. The van der Waals surface area contributed by atoms with Crippen LogP contribution in [0.2, 0.25) is 0 Å². The van der Waals surface area contributed by atoms with Crippen LogP contribution in [0.5, 0.6) is 11.5 Å². The summed E-state index contributed by atoms with van der Waals surface area (Å²) in [6.07, 6.45) is 0. The van der Waals surface area contributed by atoms with Crippen LogP contribution in [0.1, 0.15) is 16.1 Å². The van der Waals surface area contributed by atoms with Crippen molar-refractivity contribution in [3.8, 4) is 22.8 Å². The Morgan fingerprint density at radius 3 is 2.55 bits per heavy atom. The zero-order chi connectivity index (χ0) is 14.9. The smallest absolute Gasteiger partial charge is 0.353 e. The molecule has 6 nitrogen and oxygen atoms in total. The Morgan fingerprint density at radius 2 is 2.05 bits per heavy atom. The molecular formula is C13H13BrN2O4. The minimum atomic E-state index is -1.07. The molecule has 7 heteroatoms. The van der Waals surface area contributed by atoms with E-state index in [4.69, 9.17) is 14.6 Å². The van der Waals surface area contributed by atoms with Gasteiger partial charge in [-0.1, -0.05) is 0 Å². The number of hydrogen-bond acceptors (Lipinski definition) is 4. The highest BCUT2D eigenvalue weighted by Gasteiger charge is 2.20. The van der Waals surface area contributed by atoms with E-state index in [1.165, 1.54) is 6.07 Å². The van der Waals surface area contributed by atoms with Crippen LogP contribution in [0, 0.1) is 6.92 Å². The van der Waals surface area contributed by atoms with Gasteiger partial charge in [-0.05, 0) is 40.5 Å². The number of carbonyl (C=O) groups is 1. The fourth-order valence-corrected chi connectivity index (χ4v) is 2.81. The lowest BCUT2D eigenvalue weighted by Gasteiger charge is -2.14. The Hall–Kier alpha value is -2.02. The van der Waals surface area contributed by atoms with Crippen LogP contribution in [-0.2, 0) is 0 Å². The number of hydrogen-bond donors (Lipinski definition) is 2. The van der Waals surface area contributed by atoms with Gasteiger partial charge in [-0.3, -0.25) is 5.10 Å². The number of benzene rings is 1. The molecule has 2 N–H and O–H groups in total. The predicted octanol–water partition coefficient (Wildman–Crippen LogP) is 2.86. The number of ether oxygens (including phenoxy) is 2. The van der Waals surface area contributed by atoms with Gasteiger partial charge in [0.25, 0.3) is 0 Å². The molecule has 0 fully saturated rings. The molecule has 0 spiro atoms. The number of carboxylic acid groups (broad SMARTS) is 1. The molecule has 0 saturated carbocycles. The Morgan fingerprint density at radius 1 is 1.35 bits per heavy atom. The van der Waals surface area contributed by atoms with Crippen molar-refractivity contribution in [1.82, 2.24) is 10.2 Å². The van der Waals surface area contributed by atoms with Crippen LogP contribution in [-0.4, -0.2) is 35.5 Å². The van der Waals surface area contributed by atoms with Gasteiger partial charge in [0.1, 0.15) is 17.2 Å². The summed E-state index contributed by atoms with van der Waals surface area (Å²) in [4.78, 5) is 10.9. The number of methoxy groups -OCH3 is 2. The van der Waals surface area contributed by atoms with Crippen LogP contribution in [0.3, 0.4) is 0 Å². The molecule has 0 amide bonds. The third-order valence-corrected chi connectivity index (χ3v) is 3.62. The molecule has 20 heavy (non-hydrogen) atoms. The number of nitrogens with zero attached hydrogens (tertiary/aromatic N) is 1. The Balaban J connectivity index is 2.67. The summed E-state index contributed by atoms with van der Waals surface area (Å²) in [5.41, 5.74) is 2.01. The first-order chi connectivity index (χ1) is 9.49.